The van der Waals surface area contributed by atoms with E-state index in [1.807, 2.05) is 13.8 Å². The third-order valence-electron chi connectivity index (χ3n) is 3.10. The number of nitrogens with zero attached hydrogens (tertiary/aromatic N) is 2. The van der Waals surface area contributed by atoms with Gasteiger partial charge in [-0.15, -0.1) is 0 Å². The summed E-state index contributed by atoms with van der Waals surface area (Å²) in [6.45, 7) is 5.75. The van der Waals surface area contributed by atoms with Crippen LogP contribution in [0, 0.1) is 0 Å². The summed E-state index contributed by atoms with van der Waals surface area (Å²) in [6.07, 6.45) is 6.45. The lowest BCUT2D eigenvalue weighted by Crippen LogP contribution is -2.35. The van der Waals surface area contributed by atoms with E-state index in [-0.39, 0.29) is 6.10 Å². The van der Waals surface area contributed by atoms with E-state index < -0.39 is 0 Å². The van der Waals surface area contributed by atoms with Crippen molar-refractivity contribution in [2.75, 3.05) is 13.2 Å². The quantitative estimate of drug-likeness (QED) is 0.854. The first-order chi connectivity index (χ1) is 9.24. The Hall–Kier alpha value is -1.36. The Kier molecular flexibility index (Phi) is 5.39. The van der Waals surface area contributed by atoms with Gasteiger partial charge < -0.3 is 14.8 Å². The predicted molar refractivity (Wildman–Crippen MR) is 73.5 cm³/mol. The van der Waals surface area contributed by atoms with Gasteiger partial charge in [0, 0.05) is 6.04 Å². The lowest BCUT2D eigenvalue weighted by atomic mass is 10.0. The van der Waals surface area contributed by atoms with Gasteiger partial charge >= 0.3 is 0 Å². The Morgan fingerprint density at radius 3 is 2.89 bits per heavy atom. The number of aromatic nitrogens is 2. The topological polar surface area (TPSA) is 56.3 Å². The van der Waals surface area contributed by atoms with Gasteiger partial charge in [0.05, 0.1) is 18.8 Å². The van der Waals surface area contributed by atoms with E-state index in [2.05, 4.69) is 15.3 Å². The van der Waals surface area contributed by atoms with Gasteiger partial charge in [-0.25, -0.2) is 9.97 Å². The van der Waals surface area contributed by atoms with Crippen molar-refractivity contribution in [3.05, 3.63) is 12.4 Å². The second-order valence-corrected chi connectivity index (χ2v) is 5.15. The van der Waals surface area contributed by atoms with Crippen LogP contribution in [0.1, 0.15) is 39.5 Å². The monoisotopic (exact) mass is 265 g/mol. The van der Waals surface area contributed by atoms with Gasteiger partial charge in [0.25, 0.3) is 0 Å². The van der Waals surface area contributed by atoms with Crippen LogP contribution in [0.2, 0.25) is 0 Å². The zero-order valence-electron chi connectivity index (χ0n) is 11.8. The molecule has 0 aliphatic carbocycles. The second kappa shape index (κ2) is 7.28. The molecule has 1 aromatic rings. The first kappa shape index (κ1) is 14.1. The SMILES string of the molecule is CC(C)Oc1cc(OCCC2CCCCN2)ncn1. The molecule has 1 aromatic heterocycles. The van der Waals surface area contributed by atoms with Gasteiger partial charge in [0.1, 0.15) is 6.33 Å². The molecule has 0 aromatic carbocycles. The van der Waals surface area contributed by atoms with E-state index in [1.165, 1.54) is 25.6 Å². The van der Waals surface area contributed by atoms with Crippen molar-refractivity contribution in [3.8, 4) is 11.8 Å². The Morgan fingerprint density at radius 2 is 2.16 bits per heavy atom. The highest BCUT2D eigenvalue weighted by Gasteiger charge is 2.12. The van der Waals surface area contributed by atoms with E-state index in [9.17, 15) is 0 Å². The fraction of sp³-hybridized carbons (Fsp3) is 0.714. The summed E-state index contributed by atoms with van der Waals surface area (Å²) in [5.74, 6) is 1.15. The summed E-state index contributed by atoms with van der Waals surface area (Å²) in [5.41, 5.74) is 0. The van der Waals surface area contributed by atoms with Crippen LogP contribution in [-0.4, -0.2) is 35.3 Å². The molecule has 2 heterocycles. The number of nitrogens with one attached hydrogen (secondary N) is 1. The number of hydrogen-bond acceptors (Lipinski definition) is 5. The van der Waals surface area contributed by atoms with Crippen LogP contribution >= 0.6 is 0 Å². The van der Waals surface area contributed by atoms with Crippen LogP contribution in [0.3, 0.4) is 0 Å². The van der Waals surface area contributed by atoms with E-state index in [1.54, 1.807) is 6.07 Å². The lowest BCUT2D eigenvalue weighted by Gasteiger charge is -2.23. The van der Waals surface area contributed by atoms with Crippen molar-refractivity contribution in [2.45, 2.75) is 51.7 Å². The maximum Gasteiger partial charge on any atom is 0.220 e. The molecule has 2 rings (SSSR count). The summed E-state index contributed by atoms with van der Waals surface area (Å²) in [6, 6.07) is 2.33. The lowest BCUT2D eigenvalue weighted by molar-refractivity contribution is 0.226. The molecule has 106 valence electrons. The van der Waals surface area contributed by atoms with Crippen molar-refractivity contribution >= 4 is 0 Å². The van der Waals surface area contributed by atoms with Gasteiger partial charge in [-0.1, -0.05) is 6.42 Å². The van der Waals surface area contributed by atoms with E-state index in [0.717, 1.165) is 13.0 Å². The fourth-order valence-corrected chi connectivity index (χ4v) is 2.18. The van der Waals surface area contributed by atoms with Crippen molar-refractivity contribution in [3.63, 3.8) is 0 Å². The molecule has 1 saturated heterocycles. The standard InChI is InChI=1S/C14H23N3O2/c1-11(2)19-14-9-13(16-10-17-14)18-8-6-12-5-3-4-7-15-12/h9-12,15H,3-8H2,1-2H3. The van der Waals surface area contributed by atoms with Gasteiger partial charge in [-0.05, 0) is 39.7 Å². The molecule has 5 nitrogen and oxygen atoms in total. The van der Waals surface area contributed by atoms with Crippen molar-refractivity contribution in [1.29, 1.82) is 0 Å². The van der Waals surface area contributed by atoms with Crippen LogP contribution in [0.4, 0.5) is 0 Å². The minimum absolute atomic E-state index is 0.106. The van der Waals surface area contributed by atoms with Gasteiger partial charge in [-0.2, -0.15) is 0 Å². The van der Waals surface area contributed by atoms with Crippen LogP contribution in [-0.2, 0) is 0 Å². The first-order valence-corrected chi connectivity index (χ1v) is 7.09. The van der Waals surface area contributed by atoms with Crippen LogP contribution < -0.4 is 14.8 Å². The van der Waals surface area contributed by atoms with Crippen LogP contribution in [0.15, 0.2) is 12.4 Å². The van der Waals surface area contributed by atoms with Crippen molar-refractivity contribution in [1.82, 2.24) is 15.3 Å². The summed E-state index contributed by atoms with van der Waals surface area (Å²) < 4.78 is 11.2. The average molecular weight is 265 g/mol. The van der Waals surface area contributed by atoms with Crippen molar-refractivity contribution < 1.29 is 9.47 Å². The van der Waals surface area contributed by atoms with Gasteiger partial charge in [0.15, 0.2) is 0 Å². The third kappa shape index (κ3) is 5.03. The van der Waals surface area contributed by atoms with Crippen LogP contribution in [0.5, 0.6) is 11.8 Å². The zero-order valence-corrected chi connectivity index (χ0v) is 11.8. The second-order valence-electron chi connectivity index (χ2n) is 5.15. The molecule has 1 aliphatic rings. The molecule has 0 amide bonds. The molecular weight excluding hydrogens is 242 g/mol. The van der Waals surface area contributed by atoms with Gasteiger partial charge in [-0.3, -0.25) is 0 Å². The largest absolute Gasteiger partial charge is 0.477 e. The molecule has 0 saturated carbocycles. The third-order valence-corrected chi connectivity index (χ3v) is 3.10. The summed E-state index contributed by atoms with van der Waals surface area (Å²) in [7, 11) is 0. The predicted octanol–water partition coefficient (Wildman–Crippen LogP) is 2.17. The number of ether oxygens (including phenoxy) is 2. The molecular formula is C14H23N3O2. The highest BCUT2D eigenvalue weighted by Crippen LogP contribution is 2.15. The molecule has 0 spiro atoms. The molecule has 1 fully saturated rings. The minimum Gasteiger partial charge on any atom is -0.477 e. The highest BCUT2D eigenvalue weighted by atomic mass is 16.5. The Balaban J connectivity index is 1.75. The molecule has 1 aliphatic heterocycles. The Labute approximate surface area is 114 Å². The molecule has 1 atom stereocenters. The summed E-state index contributed by atoms with van der Waals surface area (Å²) >= 11 is 0. The van der Waals surface area contributed by atoms with E-state index >= 15 is 0 Å². The normalized spacial score (nSPS) is 19.4. The van der Waals surface area contributed by atoms with E-state index in [4.69, 9.17) is 9.47 Å². The molecule has 0 bridgehead atoms. The number of piperidine rings is 1. The highest BCUT2D eigenvalue weighted by molar-refractivity contribution is 5.18. The first-order valence-electron chi connectivity index (χ1n) is 7.09. The smallest absolute Gasteiger partial charge is 0.220 e. The molecule has 1 unspecified atom stereocenters. The molecule has 0 radical (unpaired) electrons. The molecule has 5 heteroatoms. The number of hydrogen-bond donors (Lipinski definition) is 1. The summed E-state index contributed by atoms with van der Waals surface area (Å²) in [4.78, 5) is 8.15. The maximum absolute atomic E-state index is 5.66. The minimum atomic E-state index is 0.106. The average Bonchev–Trinajstić information content (AvgIpc) is 2.40. The Morgan fingerprint density at radius 1 is 1.32 bits per heavy atom. The number of rotatable bonds is 6. The fourth-order valence-electron chi connectivity index (χ4n) is 2.18. The van der Waals surface area contributed by atoms with E-state index in [0.29, 0.717) is 24.4 Å². The zero-order chi connectivity index (χ0) is 13.5. The van der Waals surface area contributed by atoms with Gasteiger partial charge in [0.2, 0.25) is 11.8 Å². The molecule has 1 N–H and O–H groups in total. The van der Waals surface area contributed by atoms with Crippen molar-refractivity contribution in [2.24, 2.45) is 0 Å². The van der Waals surface area contributed by atoms with Crippen LogP contribution in [0.25, 0.3) is 0 Å². The maximum atomic E-state index is 5.66. The summed E-state index contributed by atoms with van der Waals surface area (Å²) in [5, 5.41) is 3.51. The molecule has 19 heavy (non-hydrogen) atoms. The Bertz CT molecular complexity index is 379.